The fraction of sp³-hybridized carbons (Fsp3) is 0.375. The summed E-state index contributed by atoms with van der Waals surface area (Å²) in [4.78, 5) is 0. The van der Waals surface area contributed by atoms with Gasteiger partial charge >= 0.3 is 0 Å². The molecule has 0 aromatic heterocycles. The minimum Gasteiger partial charge on any atom is -0.507 e. The van der Waals surface area contributed by atoms with Crippen molar-refractivity contribution < 1.29 is 10.2 Å². The zero-order valence-corrected chi connectivity index (χ0v) is 12.2. The summed E-state index contributed by atoms with van der Waals surface area (Å²) in [6.07, 6.45) is 0. The van der Waals surface area contributed by atoms with Crippen LogP contribution in [0.1, 0.15) is 38.8 Å². The van der Waals surface area contributed by atoms with Gasteiger partial charge in [-0.3, -0.25) is 0 Å². The Morgan fingerprint density at radius 1 is 0.611 bits per heavy atom. The molecule has 0 bridgehead atoms. The Bertz CT molecular complexity index is 413. The number of benzene rings is 2. The van der Waals surface area contributed by atoms with E-state index in [1.807, 2.05) is 41.5 Å². The molecule has 0 aliphatic carbocycles. The number of aromatic hydroxyl groups is 2. The molecule has 2 N–H and O–H groups in total. The van der Waals surface area contributed by atoms with Crippen LogP contribution >= 0.6 is 0 Å². The maximum Gasteiger partial charge on any atom is 0.123 e. The Labute approximate surface area is 110 Å². The number of aryl methyl sites for hydroxylation is 2. The summed E-state index contributed by atoms with van der Waals surface area (Å²) in [5, 5.41) is 20.9. The Kier molecular flexibility index (Phi) is 6.88. The smallest absolute Gasteiger partial charge is 0.123 e. The van der Waals surface area contributed by atoms with Crippen LogP contribution in [0.5, 0.6) is 11.5 Å². The predicted molar refractivity (Wildman–Crippen MR) is 79.4 cm³/mol. The van der Waals surface area contributed by atoms with E-state index in [4.69, 9.17) is 0 Å². The second kappa shape index (κ2) is 7.59. The van der Waals surface area contributed by atoms with Crippen LogP contribution in [-0.4, -0.2) is 10.2 Å². The van der Waals surface area contributed by atoms with E-state index < -0.39 is 0 Å². The predicted octanol–water partition coefficient (Wildman–Crippen LogP) is 4.92. The highest BCUT2D eigenvalue weighted by Gasteiger charge is 2.08. The van der Waals surface area contributed by atoms with Crippen LogP contribution in [0.3, 0.4) is 0 Å². The lowest BCUT2D eigenvalue weighted by Crippen LogP contribution is -1.84. The minimum atomic E-state index is 0.221. The van der Waals surface area contributed by atoms with E-state index in [2.05, 4.69) is 0 Å². The molecule has 0 radical (unpaired) electrons. The Morgan fingerprint density at radius 3 is 1.17 bits per heavy atom. The van der Waals surface area contributed by atoms with Crippen LogP contribution in [-0.2, 0) is 0 Å². The Hall–Kier alpha value is -1.70. The normalized spacial score (nSPS) is 9.00. The first-order valence-electron chi connectivity index (χ1n) is 6.52. The SMILES string of the molecule is CC.CC.Cc1ccc(O)c2c(C)ccc(O)c12. The van der Waals surface area contributed by atoms with Crippen molar-refractivity contribution in [1.82, 2.24) is 0 Å². The molecular formula is C16H24O2. The molecule has 2 heteroatoms. The highest BCUT2D eigenvalue weighted by Crippen LogP contribution is 2.35. The van der Waals surface area contributed by atoms with Crippen molar-refractivity contribution in [3.05, 3.63) is 35.4 Å². The fourth-order valence-corrected chi connectivity index (χ4v) is 1.80. The molecule has 100 valence electrons. The molecule has 0 aliphatic heterocycles. The molecule has 0 atom stereocenters. The lowest BCUT2D eigenvalue weighted by molar-refractivity contribution is 0.475. The standard InChI is InChI=1S/C12H12O2.2C2H6/c1-7-3-5-10(14)12-8(2)4-6-9(13)11(7)12;2*1-2/h3-6,13-14H,1-2H3;2*1-2H3. The fourth-order valence-electron chi connectivity index (χ4n) is 1.80. The van der Waals surface area contributed by atoms with Crippen molar-refractivity contribution >= 4 is 10.8 Å². The van der Waals surface area contributed by atoms with Gasteiger partial charge in [0.15, 0.2) is 0 Å². The number of hydrogen-bond acceptors (Lipinski definition) is 2. The van der Waals surface area contributed by atoms with E-state index in [1.165, 1.54) is 0 Å². The second-order valence-corrected chi connectivity index (χ2v) is 3.55. The first-order valence-corrected chi connectivity index (χ1v) is 6.52. The van der Waals surface area contributed by atoms with Crippen LogP contribution in [0, 0.1) is 13.8 Å². The molecule has 18 heavy (non-hydrogen) atoms. The average Bonchev–Trinajstić information content (AvgIpc) is 2.42. The van der Waals surface area contributed by atoms with Gasteiger partial charge in [-0.15, -0.1) is 0 Å². The van der Waals surface area contributed by atoms with Crippen molar-refractivity contribution in [2.75, 3.05) is 0 Å². The molecule has 2 rings (SSSR count). The number of phenols is 2. The summed E-state index contributed by atoms with van der Waals surface area (Å²) >= 11 is 0. The minimum absolute atomic E-state index is 0.221. The maximum atomic E-state index is 9.69. The van der Waals surface area contributed by atoms with Gasteiger partial charge in [0.25, 0.3) is 0 Å². The van der Waals surface area contributed by atoms with E-state index in [0.29, 0.717) is 0 Å². The molecule has 2 nitrogen and oxygen atoms in total. The van der Waals surface area contributed by atoms with Crippen molar-refractivity contribution in [1.29, 1.82) is 0 Å². The lowest BCUT2D eigenvalue weighted by atomic mass is 10.00. The van der Waals surface area contributed by atoms with Crippen LogP contribution in [0.25, 0.3) is 10.8 Å². The van der Waals surface area contributed by atoms with E-state index in [9.17, 15) is 10.2 Å². The molecule has 0 fully saturated rings. The molecular weight excluding hydrogens is 224 g/mol. The highest BCUT2D eigenvalue weighted by molar-refractivity contribution is 5.97. The first kappa shape index (κ1) is 16.3. The quantitative estimate of drug-likeness (QED) is 0.694. The topological polar surface area (TPSA) is 40.5 Å². The van der Waals surface area contributed by atoms with Gasteiger partial charge < -0.3 is 10.2 Å². The van der Waals surface area contributed by atoms with Gasteiger partial charge in [-0.1, -0.05) is 39.8 Å². The first-order chi connectivity index (χ1) is 8.61. The lowest BCUT2D eigenvalue weighted by Gasteiger charge is -2.08. The van der Waals surface area contributed by atoms with E-state index in [0.717, 1.165) is 21.9 Å². The maximum absolute atomic E-state index is 9.69. The van der Waals surface area contributed by atoms with Crippen LogP contribution in [0.2, 0.25) is 0 Å². The van der Waals surface area contributed by atoms with E-state index >= 15 is 0 Å². The summed E-state index contributed by atoms with van der Waals surface area (Å²) in [6, 6.07) is 6.92. The van der Waals surface area contributed by atoms with Crippen LogP contribution in [0.4, 0.5) is 0 Å². The number of fused-ring (bicyclic) bond motifs is 1. The van der Waals surface area contributed by atoms with Crippen molar-refractivity contribution in [3.8, 4) is 11.5 Å². The molecule has 0 spiro atoms. The second-order valence-electron chi connectivity index (χ2n) is 3.55. The summed E-state index contributed by atoms with van der Waals surface area (Å²) < 4.78 is 0. The monoisotopic (exact) mass is 248 g/mol. The van der Waals surface area contributed by atoms with Crippen molar-refractivity contribution in [2.24, 2.45) is 0 Å². The van der Waals surface area contributed by atoms with Gasteiger partial charge in [-0.2, -0.15) is 0 Å². The number of hydrogen-bond donors (Lipinski definition) is 2. The number of phenolic OH excluding ortho intramolecular Hbond substituents is 2. The number of rotatable bonds is 0. The van der Waals surface area contributed by atoms with Crippen LogP contribution in [0.15, 0.2) is 24.3 Å². The molecule has 0 saturated heterocycles. The molecule has 0 amide bonds. The molecule has 0 unspecified atom stereocenters. The zero-order chi connectivity index (χ0) is 14.3. The zero-order valence-electron chi connectivity index (χ0n) is 12.2. The van der Waals surface area contributed by atoms with E-state index in [1.54, 1.807) is 24.3 Å². The summed E-state index contributed by atoms with van der Waals surface area (Å²) in [7, 11) is 0. The highest BCUT2D eigenvalue weighted by atomic mass is 16.3. The Morgan fingerprint density at radius 2 is 0.889 bits per heavy atom. The van der Waals surface area contributed by atoms with Gasteiger partial charge in [-0.25, -0.2) is 0 Å². The van der Waals surface area contributed by atoms with Crippen molar-refractivity contribution in [3.63, 3.8) is 0 Å². The Balaban J connectivity index is 0.000000659. The van der Waals surface area contributed by atoms with Gasteiger partial charge in [0.05, 0.1) is 0 Å². The molecule has 0 heterocycles. The van der Waals surface area contributed by atoms with Gasteiger partial charge in [-0.05, 0) is 37.1 Å². The van der Waals surface area contributed by atoms with Crippen LogP contribution < -0.4 is 0 Å². The summed E-state index contributed by atoms with van der Waals surface area (Å²) in [5.41, 5.74) is 1.94. The average molecular weight is 248 g/mol. The van der Waals surface area contributed by atoms with Gasteiger partial charge in [0.1, 0.15) is 11.5 Å². The molecule has 2 aromatic carbocycles. The molecule has 0 aliphatic rings. The summed E-state index contributed by atoms with van der Waals surface area (Å²) in [5.74, 6) is 0.443. The third kappa shape index (κ3) is 3.16. The molecule has 0 saturated carbocycles. The van der Waals surface area contributed by atoms with E-state index in [-0.39, 0.29) is 11.5 Å². The van der Waals surface area contributed by atoms with Crippen molar-refractivity contribution in [2.45, 2.75) is 41.5 Å². The van der Waals surface area contributed by atoms with Gasteiger partial charge in [0.2, 0.25) is 0 Å². The largest absolute Gasteiger partial charge is 0.507 e. The third-order valence-corrected chi connectivity index (χ3v) is 2.53. The summed E-state index contributed by atoms with van der Waals surface area (Å²) in [6.45, 7) is 11.8. The molecule has 2 aromatic rings. The third-order valence-electron chi connectivity index (χ3n) is 2.53. The van der Waals surface area contributed by atoms with Gasteiger partial charge in [0, 0.05) is 10.8 Å².